The van der Waals surface area contributed by atoms with Crippen molar-refractivity contribution < 1.29 is 9.15 Å². The molecule has 0 atom stereocenters. The lowest BCUT2D eigenvalue weighted by Gasteiger charge is -2.07. The average Bonchev–Trinajstić information content (AvgIpc) is 3.34. The highest BCUT2D eigenvalue weighted by Gasteiger charge is 2.10. The minimum Gasteiger partial charge on any atom is -0.497 e. The monoisotopic (exact) mass is 362 g/mol. The molecule has 2 aromatic heterocycles. The van der Waals surface area contributed by atoms with E-state index in [-0.39, 0.29) is 0 Å². The third-order valence-electron chi connectivity index (χ3n) is 4.06. The number of thiazole rings is 1. The van der Waals surface area contributed by atoms with Gasteiger partial charge in [-0.25, -0.2) is 4.99 Å². The molecule has 0 spiro atoms. The van der Waals surface area contributed by atoms with E-state index < -0.39 is 0 Å². The molecule has 0 aliphatic heterocycles. The SMILES string of the molecule is COc1ccc(N=c2scc(-c3ccccc3)n2Cc2ccco2)cc1. The summed E-state index contributed by atoms with van der Waals surface area (Å²) in [4.78, 5) is 5.75. The quantitative estimate of drug-likeness (QED) is 0.495. The van der Waals surface area contributed by atoms with Gasteiger partial charge in [-0.1, -0.05) is 30.3 Å². The zero-order valence-electron chi connectivity index (χ0n) is 14.3. The summed E-state index contributed by atoms with van der Waals surface area (Å²) >= 11 is 1.62. The fourth-order valence-corrected chi connectivity index (χ4v) is 3.67. The number of rotatable bonds is 5. The van der Waals surface area contributed by atoms with E-state index in [2.05, 4.69) is 22.1 Å². The molecule has 0 fully saturated rings. The summed E-state index contributed by atoms with van der Waals surface area (Å²) in [5.41, 5.74) is 3.17. The number of hydrogen-bond acceptors (Lipinski definition) is 4. The van der Waals surface area contributed by atoms with Gasteiger partial charge < -0.3 is 13.7 Å². The standard InChI is InChI=1S/C21H18N2O2S/c1-24-18-11-9-17(10-12-18)22-21-23(14-19-8-5-13-25-19)20(15-26-21)16-6-3-2-4-7-16/h2-13,15H,14H2,1H3. The van der Waals surface area contributed by atoms with Crippen LogP contribution in [-0.4, -0.2) is 11.7 Å². The maximum absolute atomic E-state index is 5.56. The van der Waals surface area contributed by atoms with Crippen molar-refractivity contribution in [2.45, 2.75) is 6.54 Å². The molecule has 0 aliphatic rings. The predicted molar refractivity (Wildman–Crippen MR) is 104 cm³/mol. The molecule has 130 valence electrons. The topological polar surface area (TPSA) is 39.7 Å². The summed E-state index contributed by atoms with van der Waals surface area (Å²) in [7, 11) is 1.66. The van der Waals surface area contributed by atoms with E-state index in [1.807, 2.05) is 54.6 Å². The Morgan fingerprint density at radius 1 is 1.00 bits per heavy atom. The van der Waals surface area contributed by atoms with Crippen LogP contribution in [0.1, 0.15) is 5.76 Å². The Kier molecular flexibility index (Phi) is 4.71. The van der Waals surface area contributed by atoms with E-state index in [1.54, 1.807) is 24.7 Å². The van der Waals surface area contributed by atoms with Gasteiger partial charge in [-0.15, -0.1) is 11.3 Å². The first-order valence-electron chi connectivity index (χ1n) is 8.28. The van der Waals surface area contributed by atoms with Gasteiger partial charge in [-0.05, 0) is 42.0 Å². The molecule has 5 heteroatoms. The van der Waals surface area contributed by atoms with E-state index in [4.69, 9.17) is 14.1 Å². The summed E-state index contributed by atoms with van der Waals surface area (Å²) in [6.07, 6.45) is 1.70. The Morgan fingerprint density at radius 3 is 2.50 bits per heavy atom. The van der Waals surface area contributed by atoms with E-state index >= 15 is 0 Å². The van der Waals surface area contributed by atoms with Gasteiger partial charge in [0.25, 0.3) is 0 Å². The zero-order valence-corrected chi connectivity index (χ0v) is 15.1. The number of benzene rings is 2. The van der Waals surface area contributed by atoms with Crippen molar-refractivity contribution in [2.24, 2.45) is 4.99 Å². The van der Waals surface area contributed by atoms with Crippen LogP contribution in [-0.2, 0) is 6.54 Å². The van der Waals surface area contributed by atoms with Crippen molar-refractivity contribution in [1.82, 2.24) is 4.57 Å². The molecule has 0 saturated heterocycles. The first-order valence-corrected chi connectivity index (χ1v) is 9.16. The minimum atomic E-state index is 0.635. The molecule has 0 radical (unpaired) electrons. The van der Waals surface area contributed by atoms with Crippen LogP contribution in [0.5, 0.6) is 5.75 Å². The van der Waals surface area contributed by atoms with Gasteiger partial charge in [0.05, 0.1) is 31.3 Å². The molecule has 0 N–H and O–H groups in total. The fourth-order valence-electron chi connectivity index (χ4n) is 2.74. The molecule has 0 amide bonds. The molecular weight excluding hydrogens is 344 g/mol. The summed E-state index contributed by atoms with van der Waals surface area (Å²) < 4.78 is 13.0. The third-order valence-corrected chi connectivity index (χ3v) is 4.92. The summed E-state index contributed by atoms with van der Waals surface area (Å²) in [6, 6.07) is 22.0. The molecule has 0 saturated carbocycles. The molecule has 0 bridgehead atoms. The van der Waals surface area contributed by atoms with E-state index in [0.717, 1.165) is 33.3 Å². The van der Waals surface area contributed by atoms with Gasteiger partial charge in [0, 0.05) is 5.38 Å². The van der Waals surface area contributed by atoms with Gasteiger partial charge in [-0.3, -0.25) is 0 Å². The molecule has 4 rings (SSSR count). The smallest absolute Gasteiger partial charge is 0.190 e. The van der Waals surface area contributed by atoms with Gasteiger partial charge in [0.15, 0.2) is 4.80 Å². The van der Waals surface area contributed by atoms with Crippen LogP contribution in [0.25, 0.3) is 11.3 Å². The van der Waals surface area contributed by atoms with Crippen LogP contribution in [0.15, 0.2) is 87.8 Å². The van der Waals surface area contributed by atoms with Crippen LogP contribution < -0.4 is 9.54 Å². The van der Waals surface area contributed by atoms with Crippen molar-refractivity contribution in [2.75, 3.05) is 7.11 Å². The Balaban J connectivity index is 1.80. The maximum atomic E-state index is 5.56. The minimum absolute atomic E-state index is 0.635. The number of aromatic nitrogens is 1. The number of ether oxygens (including phenoxy) is 1. The van der Waals surface area contributed by atoms with Gasteiger partial charge in [0.1, 0.15) is 11.5 Å². The maximum Gasteiger partial charge on any atom is 0.190 e. The first-order chi connectivity index (χ1) is 12.8. The van der Waals surface area contributed by atoms with Crippen LogP contribution >= 0.6 is 11.3 Å². The molecule has 2 heterocycles. The molecule has 4 aromatic rings. The van der Waals surface area contributed by atoms with Crippen LogP contribution in [0.2, 0.25) is 0 Å². The average molecular weight is 362 g/mol. The Labute approximate surface area is 155 Å². The Hall–Kier alpha value is -3.05. The van der Waals surface area contributed by atoms with Gasteiger partial charge in [0.2, 0.25) is 0 Å². The van der Waals surface area contributed by atoms with Crippen molar-refractivity contribution >= 4 is 17.0 Å². The van der Waals surface area contributed by atoms with Crippen LogP contribution in [0.4, 0.5) is 5.69 Å². The van der Waals surface area contributed by atoms with Crippen molar-refractivity contribution in [3.05, 3.63) is 88.9 Å². The van der Waals surface area contributed by atoms with Crippen molar-refractivity contribution in [1.29, 1.82) is 0 Å². The summed E-state index contributed by atoms with van der Waals surface area (Å²) in [5, 5.41) is 2.14. The molecule has 2 aromatic carbocycles. The largest absolute Gasteiger partial charge is 0.497 e. The number of furan rings is 1. The first kappa shape index (κ1) is 16.4. The number of nitrogens with zero attached hydrogens (tertiary/aromatic N) is 2. The second-order valence-corrected chi connectivity index (χ2v) is 6.58. The van der Waals surface area contributed by atoms with E-state index in [9.17, 15) is 0 Å². The van der Waals surface area contributed by atoms with Gasteiger partial charge >= 0.3 is 0 Å². The highest BCUT2D eigenvalue weighted by atomic mass is 32.1. The Bertz CT molecular complexity index is 1030. The molecular formula is C21H18N2O2S. The highest BCUT2D eigenvalue weighted by molar-refractivity contribution is 7.07. The van der Waals surface area contributed by atoms with Crippen molar-refractivity contribution in [3.63, 3.8) is 0 Å². The fraction of sp³-hybridized carbons (Fsp3) is 0.0952. The van der Waals surface area contributed by atoms with E-state index in [1.165, 1.54) is 0 Å². The lowest BCUT2D eigenvalue weighted by molar-refractivity contribution is 0.415. The number of hydrogen-bond donors (Lipinski definition) is 0. The van der Waals surface area contributed by atoms with Crippen LogP contribution in [0.3, 0.4) is 0 Å². The summed E-state index contributed by atoms with van der Waals surface area (Å²) in [5.74, 6) is 1.72. The molecule has 26 heavy (non-hydrogen) atoms. The number of methoxy groups -OCH3 is 1. The third kappa shape index (κ3) is 3.48. The molecule has 0 aliphatic carbocycles. The highest BCUT2D eigenvalue weighted by Crippen LogP contribution is 2.22. The normalized spacial score (nSPS) is 11.7. The second-order valence-electron chi connectivity index (χ2n) is 5.74. The summed E-state index contributed by atoms with van der Waals surface area (Å²) in [6.45, 7) is 0.635. The van der Waals surface area contributed by atoms with E-state index in [0.29, 0.717) is 6.54 Å². The van der Waals surface area contributed by atoms with Crippen molar-refractivity contribution in [3.8, 4) is 17.0 Å². The predicted octanol–water partition coefficient (Wildman–Crippen LogP) is 5.10. The lowest BCUT2D eigenvalue weighted by Crippen LogP contribution is -2.16. The Morgan fingerprint density at radius 2 is 1.81 bits per heavy atom. The lowest BCUT2D eigenvalue weighted by atomic mass is 10.2. The molecule has 4 nitrogen and oxygen atoms in total. The second kappa shape index (κ2) is 7.45. The zero-order chi connectivity index (χ0) is 17.8. The van der Waals surface area contributed by atoms with Crippen LogP contribution in [0, 0.1) is 0 Å². The van der Waals surface area contributed by atoms with Gasteiger partial charge in [-0.2, -0.15) is 0 Å². The molecule has 0 unspecified atom stereocenters.